The number of aromatic amines is 1. The van der Waals surface area contributed by atoms with Gasteiger partial charge in [0.15, 0.2) is 0 Å². The first kappa shape index (κ1) is 12.2. The molecule has 0 radical (unpaired) electrons. The highest BCUT2D eigenvalue weighted by Gasteiger charge is 2.25. The van der Waals surface area contributed by atoms with E-state index in [9.17, 15) is 0 Å². The molecular weight excluding hydrogens is 264 g/mol. The number of nitrogens with zero attached hydrogens (tertiary/aromatic N) is 3. The summed E-state index contributed by atoms with van der Waals surface area (Å²) < 4.78 is 5.87. The van der Waals surface area contributed by atoms with E-state index >= 15 is 0 Å². The molecule has 1 unspecified atom stereocenters. The molecule has 0 amide bonds. The lowest BCUT2D eigenvalue weighted by molar-refractivity contribution is 0.331. The first-order chi connectivity index (χ1) is 10.3. The maximum atomic E-state index is 5.87. The molecule has 0 bridgehead atoms. The van der Waals surface area contributed by atoms with Crippen molar-refractivity contribution >= 4 is 16.9 Å². The number of aromatic nitrogens is 3. The number of hydrogen-bond acceptors (Lipinski definition) is 4. The molecular formula is C16H16N4O. The van der Waals surface area contributed by atoms with Crippen LogP contribution >= 0.6 is 0 Å². The summed E-state index contributed by atoms with van der Waals surface area (Å²) in [6.45, 7) is 3.64. The number of nitrogens with one attached hydrogen (secondary N) is 1. The predicted octanol–water partition coefficient (Wildman–Crippen LogP) is 2.92. The van der Waals surface area contributed by atoms with Gasteiger partial charge in [-0.1, -0.05) is 18.2 Å². The minimum absolute atomic E-state index is 0.205. The number of fused-ring (bicyclic) bond motifs is 2. The Bertz CT molecular complexity index is 783. The quantitative estimate of drug-likeness (QED) is 0.744. The van der Waals surface area contributed by atoms with E-state index < -0.39 is 0 Å². The molecule has 5 nitrogen and oxygen atoms in total. The second-order valence-electron chi connectivity index (χ2n) is 5.19. The SMILES string of the molecule is CC1c2ccccc2OCCN1c1ncnc2[nH]ccc12. The fourth-order valence-electron chi connectivity index (χ4n) is 2.95. The Hall–Kier alpha value is -2.56. The topological polar surface area (TPSA) is 54.0 Å². The van der Waals surface area contributed by atoms with E-state index in [1.165, 1.54) is 5.56 Å². The molecule has 0 spiro atoms. The van der Waals surface area contributed by atoms with Crippen molar-refractivity contribution in [1.29, 1.82) is 0 Å². The van der Waals surface area contributed by atoms with Crippen LogP contribution < -0.4 is 9.64 Å². The number of anilines is 1. The highest BCUT2D eigenvalue weighted by atomic mass is 16.5. The lowest BCUT2D eigenvalue weighted by Gasteiger charge is -2.28. The number of H-pyrrole nitrogens is 1. The van der Waals surface area contributed by atoms with Crippen LogP contribution in [-0.4, -0.2) is 28.1 Å². The zero-order valence-corrected chi connectivity index (χ0v) is 11.8. The van der Waals surface area contributed by atoms with Crippen molar-refractivity contribution in [2.75, 3.05) is 18.1 Å². The van der Waals surface area contributed by atoms with Crippen LogP contribution in [0.1, 0.15) is 18.5 Å². The maximum Gasteiger partial charge on any atom is 0.142 e. The van der Waals surface area contributed by atoms with Crippen molar-refractivity contribution in [1.82, 2.24) is 15.0 Å². The summed E-state index contributed by atoms with van der Waals surface area (Å²) in [5.41, 5.74) is 2.06. The first-order valence-corrected chi connectivity index (χ1v) is 7.11. The van der Waals surface area contributed by atoms with Crippen molar-refractivity contribution in [2.24, 2.45) is 0 Å². The van der Waals surface area contributed by atoms with Crippen molar-refractivity contribution in [3.8, 4) is 5.75 Å². The molecule has 1 N–H and O–H groups in total. The number of para-hydroxylation sites is 1. The average Bonchev–Trinajstić information content (AvgIpc) is 2.94. The van der Waals surface area contributed by atoms with Crippen LogP contribution in [0, 0.1) is 0 Å². The molecule has 3 heterocycles. The van der Waals surface area contributed by atoms with Crippen molar-refractivity contribution in [2.45, 2.75) is 13.0 Å². The summed E-state index contributed by atoms with van der Waals surface area (Å²) >= 11 is 0. The van der Waals surface area contributed by atoms with Crippen LogP contribution in [0.15, 0.2) is 42.9 Å². The zero-order chi connectivity index (χ0) is 14.2. The number of ether oxygens (including phenoxy) is 1. The highest BCUT2D eigenvalue weighted by molar-refractivity contribution is 5.87. The van der Waals surface area contributed by atoms with Crippen molar-refractivity contribution < 1.29 is 4.74 Å². The molecule has 0 aliphatic carbocycles. The van der Waals surface area contributed by atoms with Gasteiger partial charge in [-0.3, -0.25) is 0 Å². The van der Waals surface area contributed by atoms with Crippen molar-refractivity contribution in [3.05, 3.63) is 48.4 Å². The Morgan fingerprint density at radius 3 is 3.10 bits per heavy atom. The van der Waals surface area contributed by atoms with Crippen LogP contribution in [-0.2, 0) is 0 Å². The minimum atomic E-state index is 0.205. The smallest absolute Gasteiger partial charge is 0.142 e. The average molecular weight is 280 g/mol. The van der Waals surface area contributed by atoms with E-state index in [1.54, 1.807) is 6.33 Å². The standard InChI is InChI=1S/C16H16N4O/c1-11-12-4-2-3-5-14(12)21-9-8-20(11)16-13-6-7-17-15(13)18-10-19-16/h2-7,10-11H,8-9H2,1H3,(H,17,18,19). The molecule has 0 fully saturated rings. The van der Waals surface area contributed by atoms with Crippen LogP contribution in [0.25, 0.3) is 11.0 Å². The third-order valence-corrected chi connectivity index (χ3v) is 4.03. The third kappa shape index (κ3) is 1.93. The van der Waals surface area contributed by atoms with E-state index in [4.69, 9.17) is 4.74 Å². The summed E-state index contributed by atoms with van der Waals surface area (Å²) in [6.07, 6.45) is 3.51. The lowest BCUT2D eigenvalue weighted by atomic mass is 10.1. The Labute approximate surface area is 122 Å². The van der Waals surface area contributed by atoms with E-state index in [-0.39, 0.29) is 6.04 Å². The monoisotopic (exact) mass is 280 g/mol. The zero-order valence-electron chi connectivity index (χ0n) is 11.8. The Balaban J connectivity index is 1.83. The second kappa shape index (κ2) is 4.77. The molecule has 5 heteroatoms. The molecule has 106 valence electrons. The fourth-order valence-corrected chi connectivity index (χ4v) is 2.95. The Kier molecular flexibility index (Phi) is 2.77. The molecule has 1 aliphatic rings. The van der Waals surface area contributed by atoms with E-state index in [1.807, 2.05) is 30.5 Å². The van der Waals surface area contributed by atoms with Gasteiger partial charge in [0.05, 0.1) is 18.0 Å². The predicted molar refractivity (Wildman–Crippen MR) is 81.6 cm³/mol. The van der Waals surface area contributed by atoms with E-state index in [0.29, 0.717) is 6.61 Å². The third-order valence-electron chi connectivity index (χ3n) is 4.03. The second-order valence-corrected chi connectivity index (χ2v) is 5.19. The molecule has 21 heavy (non-hydrogen) atoms. The molecule has 0 saturated carbocycles. The van der Waals surface area contributed by atoms with Gasteiger partial charge in [-0.15, -0.1) is 0 Å². The molecule has 4 rings (SSSR count). The van der Waals surface area contributed by atoms with Gasteiger partial charge in [-0.05, 0) is 19.1 Å². The highest BCUT2D eigenvalue weighted by Crippen LogP contribution is 2.35. The Morgan fingerprint density at radius 1 is 1.24 bits per heavy atom. The fraction of sp³-hybridized carbons (Fsp3) is 0.250. The van der Waals surface area contributed by atoms with Gasteiger partial charge in [0.25, 0.3) is 0 Å². The van der Waals surface area contributed by atoms with Gasteiger partial charge in [-0.25, -0.2) is 9.97 Å². The molecule has 1 atom stereocenters. The number of hydrogen-bond donors (Lipinski definition) is 1. The van der Waals surface area contributed by atoms with Gasteiger partial charge in [0.2, 0.25) is 0 Å². The maximum absolute atomic E-state index is 5.87. The molecule has 2 aromatic heterocycles. The number of rotatable bonds is 1. The first-order valence-electron chi connectivity index (χ1n) is 7.11. The lowest BCUT2D eigenvalue weighted by Crippen LogP contribution is -2.29. The normalized spacial score (nSPS) is 18.1. The van der Waals surface area contributed by atoms with Gasteiger partial charge in [0, 0.05) is 11.8 Å². The summed E-state index contributed by atoms with van der Waals surface area (Å²) in [4.78, 5) is 14.2. The molecule has 1 aromatic carbocycles. The van der Waals surface area contributed by atoms with Crippen LogP contribution in [0.5, 0.6) is 5.75 Å². The largest absolute Gasteiger partial charge is 0.491 e. The van der Waals surface area contributed by atoms with Gasteiger partial charge < -0.3 is 14.6 Å². The summed E-state index contributed by atoms with van der Waals surface area (Å²) in [6, 6.07) is 10.4. The summed E-state index contributed by atoms with van der Waals surface area (Å²) in [5, 5.41) is 1.05. The molecule has 1 aliphatic heterocycles. The summed E-state index contributed by atoms with van der Waals surface area (Å²) in [7, 11) is 0. The minimum Gasteiger partial charge on any atom is -0.491 e. The van der Waals surface area contributed by atoms with E-state index in [0.717, 1.165) is 29.1 Å². The van der Waals surface area contributed by atoms with Gasteiger partial charge in [0.1, 0.15) is 30.1 Å². The molecule has 3 aromatic rings. The van der Waals surface area contributed by atoms with Gasteiger partial charge in [-0.2, -0.15) is 0 Å². The van der Waals surface area contributed by atoms with Crippen LogP contribution in [0.4, 0.5) is 5.82 Å². The molecule has 0 saturated heterocycles. The van der Waals surface area contributed by atoms with E-state index in [2.05, 4.69) is 32.8 Å². The summed E-state index contributed by atoms with van der Waals surface area (Å²) in [5.74, 6) is 1.92. The van der Waals surface area contributed by atoms with Crippen LogP contribution in [0.2, 0.25) is 0 Å². The Morgan fingerprint density at radius 2 is 2.14 bits per heavy atom. The van der Waals surface area contributed by atoms with Crippen LogP contribution in [0.3, 0.4) is 0 Å². The van der Waals surface area contributed by atoms with Gasteiger partial charge >= 0.3 is 0 Å². The van der Waals surface area contributed by atoms with Crippen molar-refractivity contribution in [3.63, 3.8) is 0 Å². The number of benzene rings is 1.